The molecule has 0 spiro atoms. The zero-order chi connectivity index (χ0) is 13.8. The van der Waals surface area contributed by atoms with Crippen molar-refractivity contribution < 1.29 is 4.79 Å². The molecule has 1 aliphatic heterocycles. The number of nitrogens with zero attached hydrogens (tertiary/aromatic N) is 2. The van der Waals surface area contributed by atoms with Gasteiger partial charge in [-0.05, 0) is 37.5 Å². The second kappa shape index (κ2) is 6.07. The van der Waals surface area contributed by atoms with Crippen molar-refractivity contribution in [3.05, 3.63) is 28.2 Å². The van der Waals surface area contributed by atoms with E-state index in [-0.39, 0.29) is 11.9 Å². The van der Waals surface area contributed by atoms with Gasteiger partial charge in [0.05, 0.1) is 11.6 Å². The van der Waals surface area contributed by atoms with Gasteiger partial charge >= 0.3 is 0 Å². The van der Waals surface area contributed by atoms with Crippen LogP contribution in [0.4, 0.5) is 5.69 Å². The van der Waals surface area contributed by atoms with Crippen LogP contribution in [-0.4, -0.2) is 25.5 Å². The van der Waals surface area contributed by atoms with Gasteiger partial charge < -0.3 is 10.2 Å². The van der Waals surface area contributed by atoms with Crippen LogP contribution in [0.3, 0.4) is 0 Å². The third-order valence-electron chi connectivity index (χ3n) is 3.40. The molecule has 19 heavy (non-hydrogen) atoms. The van der Waals surface area contributed by atoms with Crippen LogP contribution in [-0.2, 0) is 4.79 Å². The highest BCUT2D eigenvalue weighted by Crippen LogP contribution is 2.28. The summed E-state index contributed by atoms with van der Waals surface area (Å²) in [5.74, 6) is 0.0400. The fraction of sp³-hybridized carbons (Fsp3) is 0.429. The van der Waals surface area contributed by atoms with Crippen molar-refractivity contribution in [2.75, 3.05) is 18.5 Å². The number of carbonyl (C=O) groups excluding carboxylic acids is 1. The van der Waals surface area contributed by atoms with Crippen molar-refractivity contribution in [3.8, 4) is 6.07 Å². The van der Waals surface area contributed by atoms with Gasteiger partial charge in [0, 0.05) is 23.8 Å². The van der Waals surface area contributed by atoms with Gasteiger partial charge in [0.1, 0.15) is 6.04 Å². The zero-order valence-corrected chi connectivity index (χ0v) is 12.4. The number of hydrogen-bond donors (Lipinski definition) is 1. The maximum atomic E-state index is 12.0. The average Bonchev–Trinajstić information content (AvgIpc) is 2.45. The number of halogens is 1. The number of anilines is 1. The Balaban J connectivity index is 2.35. The Morgan fingerprint density at radius 3 is 2.95 bits per heavy atom. The van der Waals surface area contributed by atoms with Gasteiger partial charge in [-0.15, -0.1) is 0 Å². The average molecular weight is 322 g/mol. The maximum Gasteiger partial charge on any atom is 0.242 e. The van der Waals surface area contributed by atoms with Gasteiger partial charge in [-0.1, -0.05) is 15.9 Å². The van der Waals surface area contributed by atoms with E-state index >= 15 is 0 Å². The van der Waals surface area contributed by atoms with E-state index in [1.807, 2.05) is 12.1 Å². The Hall–Kier alpha value is -1.54. The molecule has 0 aliphatic carbocycles. The minimum absolute atomic E-state index is 0.0400. The molecule has 1 aromatic carbocycles. The first-order valence-electron chi connectivity index (χ1n) is 6.34. The van der Waals surface area contributed by atoms with Crippen molar-refractivity contribution in [3.63, 3.8) is 0 Å². The van der Waals surface area contributed by atoms with Gasteiger partial charge in [-0.2, -0.15) is 5.26 Å². The summed E-state index contributed by atoms with van der Waals surface area (Å²) in [4.78, 5) is 14.1. The number of carbonyl (C=O) groups is 1. The monoisotopic (exact) mass is 321 g/mol. The molecule has 1 aliphatic rings. The Morgan fingerprint density at radius 2 is 2.26 bits per heavy atom. The highest BCUT2D eigenvalue weighted by molar-refractivity contribution is 9.10. The SMILES string of the molecule is CNC(=O)C1CCCCN1c1cc(Br)cc(C#N)c1. The lowest BCUT2D eigenvalue weighted by Gasteiger charge is -2.36. The van der Waals surface area contributed by atoms with Crippen LogP contribution in [0, 0.1) is 11.3 Å². The Labute approximate surface area is 121 Å². The third-order valence-corrected chi connectivity index (χ3v) is 3.85. The quantitative estimate of drug-likeness (QED) is 0.910. The number of hydrogen-bond acceptors (Lipinski definition) is 3. The van der Waals surface area contributed by atoms with Crippen LogP contribution in [0.25, 0.3) is 0 Å². The molecule has 1 N–H and O–H groups in total. The van der Waals surface area contributed by atoms with Crippen LogP contribution in [0.2, 0.25) is 0 Å². The predicted octanol–water partition coefficient (Wildman–Crippen LogP) is 2.43. The Morgan fingerprint density at radius 1 is 1.47 bits per heavy atom. The summed E-state index contributed by atoms with van der Waals surface area (Å²) in [6.07, 6.45) is 2.99. The number of amides is 1. The Bertz CT molecular complexity index is 524. The van der Waals surface area contributed by atoms with E-state index in [0.717, 1.165) is 36.0 Å². The molecule has 0 saturated carbocycles. The van der Waals surface area contributed by atoms with Crippen molar-refractivity contribution >= 4 is 27.5 Å². The number of rotatable bonds is 2. The molecule has 100 valence electrons. The minimum Gasteiger partial charge on any atom is -0.359 e. The fourth-order valence-corrected chi connectivity index (χ4v) is 2.97. The smallest absolute Gasteiger partial charge is 0.242 e. The van der Waals surface area contributed by atoms with Gasteiger partial charge in [0.2, 0.25) is 5.91 Å². The van der Waals surface area contributed by atoms with Crippen LogP contribution in [0.1, 0.15) is 24.8 Å². The van der Waals surface area contributed by atoms with Gasteiger partial charge in [-0.25, -0.2) is 0 Å². The van der Waals surface area contributed by atoms with Crippen LogP contribution in [0.15, 0.2) is 22.7 Å². The lowest BCUT2D eigenvalue weighted by molar-refractivity contribution is -0.122. The molecule has 1 fully saturated rings. The van der Waals surface area contributed by atoms with Crippen molar-refractivity contribution in [1.82, 2.24) is 5.32 Å². The van der Waals surface area contributed by atoms with E-state index in [9.17, 15) is 4.79 Å². The molecule has 1 atom stereocenters. The lowest BCUT2D eigenvalue weighted by atomic mass is 10.00. The maximum absolute atomic E-state index is 12.0. The fourth-order valence-electron chi connectivity index (χ4n) is 2.48. The molecule has 1 saturated heterocycles. The lowest BCUT2D eigenvalue weighted by Crippen LogP contribution is -2.48. The van der Waals surface area contributed by atoms with Crippen molar-refractivity contribution in [2.24, 2.45) is 0 Å². The summed E-state index contributed by atoms with van der Waals surface area (Å²) in [5, 5.41) is 11.8. The van der Waals surface area contributed by atoms with E-state index in [0.29, 0.717) is 5.56 Å². The number of likely N-dealkylation sites (N-methyl/N-ethyl adjacent to an activating group) is 1. The molecule has 0 aromatic heterocycles. The highest BCUT2D eigenvalue weighted by Gasteiger charge is 2.28. The minimum atomic E-state index is -0.139. The molecule has 4 nitrogen and oxygen atoms in total. The van der Waals surface area contributed by atoms with Crippen LogP contribution in [0.5, 0.6) is 0 Å². The van der Waals surface area contributed by atoms with Gasteiger partial charge in [0.15, 0.2) is 0 Å². The number of benzene rings is 1. The summed E-state index contributed by atoms with van der Waals surface area (Å²) in [7, 11) is 1.66. The largest absolute Gasteiger partial charge is 0.359 e. The standard InChI is InChI=1S/C14H16BrN3O/c1-17-14(19)13-4-2-3-5-18(13)12-7-10(9-16)6-11(15)8-12/h6-8,13H,2-5H2,1H3,(H,17,19). The van der Waals surface area contributed by atoms with E-state index in [4.69, 9.17) is 5.26 Å². The molecule has 0 radical (unpaired) electrons. The molecule has 0 bridgehead atoms. The molecule has 1 heterocycles. The van der Waals surface area contributed by atoms with E-state index in [1.165, 1.54) is 0 Å². The van der Waals surface area contributed by atoms with Crippen LogP contribution < -0.4 is 10.2 Å². The second-order valence-electron chi connectivity index (χ2n) is 4.63. The Kier molecular flexibility index (Phi) is 4.43. The third kappa shape index (κ3) is 3.07. The highest BCUT2D eigenvalue weighted by atomic mass is 79.9. The van der Waals surface area contributed by atoms with Crippen molar-refractivity contribution in [1.29, 1.82) is 5.26 Å². The molecular weight excluding hydrogens is 306 g/mol. The normalized spacial score (nSPS) is 18.8. The first kappa shape index (κ1) is 13.9. The number of nitrogens with one attached hydrogen (secondary N) is 1. The zero-order valence-electron chi connectivity index (χ0n) is 10.8. The van der Waals surface area contributed by atoms with E-state index < -0.39 is 0 Å². The molecule has 1 unspecified atom stereocenters. The number of piperidine rings is 1. The first-order chi connectivity index (χ1) is 9.15. The van der Waals surface area contributed by atoms with E-state index in [2.05, 4.69) is 32.2 Å². The molecule has 5 heteroatoms. The summed E-state index contributed by atoms with van der Waals surface area (Å²) in [5.41, 5.74) is 1.53. The summed E-state index contributed by atoms with van der Waals surface area (Å²) in [6, 6.07) is 7.59. The van der Waals surface area contributed by atoms with Gasteiger partial charge in [0.25, 0.3) is 0 Å². The van der Waals surface area contributed by atoms with Crippen LogP contribution >= 0.6 is 15.9 Å². The summed E-state index contributed by atoms with van der Waals surface area (Å²) in [6.45, 7) is 0.847. The topological polar surface area (TPSA) is 56.1 Å². The number of nitriles is 1. The predicted molar refractivity (Wildman–Crippen MR) is 77.9 cm³/mol. The van der Waals surface area contributed by atoms with E-state index in [1.54, 1.807) is 13.1 Å². The van der Waals surface area contributed by atoms with Gasteiger partial charge in [-0.3, -0.25) is 4.79 Å². The first-order valence-corrected chi connectivity index (χ1v) is 7.14. The second-order valence-corrected chi connectivity index (χ2v) is 5.54. The summed E-state index contributed by atoms with van der Waals surface area (Å²) < 4.78 is 0.864. The molecule has 2 rings (SSSR count). The molecule has 1 aromatic rings. The van der Waals surface area contributed by atoms with Crippen molar-refractivity contribution in [2.45, 2.75) is 25.3 Å². The molecular formula is C14H16BrN3O. The summed E-state index contributed by atoms with van der Waals surface area (Å²) >= 11 is 3.42. The molecule has 1 amide bonds.